The Bertz CT molecular complexity index is 729. The summed E-state index contributed by atoms with van der Waals surface area (Å²) >= 11 is 0. The highest BCUT2D eigenvalue weighted by molar-refractivity contribution is 7.92. The van der Waals surface area contributed by atoms with Gasteiger partial charge in [-0.05, 0) is 37.6 Å². The van der Waals surface area contributed by atoms with Crippen LogP contribution in [0.1, 0.15) is 11.1 Å². The van der Waals surface area contributed by atoms with Crippen molar-refractivity contribution in [2.24, 2.45) is 5.84 Å². The van der Waals surface area contributed by atoms with Crippen LogP contribution in [-0.2, 0) is 10.0 Å². The Morgan fingerprint density at radius 1 is 1.15 bits per heavy atom. The second-order valence-corrected chi connectivity index (χ2v) is 6.02. The minimum Gasteiger partial charge on any atom is -0.321 e. The molecule has 106 valence electrons. The minimum atomic E-state index is -3.80. The zero-order valence-corrected chi connectivity index (χ0v) is 12.0. The summed E-state index contributed by atoms with van der Waals surface area (Å²) in [4.78, 5) is 3.87. The van der Waals surface area contributed by atoms with Gasteiger partial charge in [-0.3, -0.25) is 10.6 Å². The second-order valence-electron chi connectivity index (χ2n) is 4.42. The zero-order chi connectivity index (χ0) is 14.8. The van der Waals surface area contributed by atoms with E-state index < -0.39 is 10.0 Å². The van der Waals surface area contributed by atoms with Gasteiger partial charge in [-0.25, -0.2) is 4.98 Å². The van der Waals surface area contributed by atoms with Gasteiger partial charge < -0.3 is 5.43 Å². The predicted octanol–water partition coefficient (Wildman–Crippen LogP) is 1.78. The number of aromatic nitrogens is 1. The first-order chi connectivity index (χ1) is 9.44. The number of hydrogen-bond donors (Lipinski definition) is 3. The van der Waals surface area contributed by atoms with Crippen molar-refractivity contribution in [3.8, 4) is 0 Å². The molecule has 0 saturated heterocycles. The van der Waals surface area contributed by atoms with Gasteiger partial charge in [-0.2, -0.15) is 8.42 Å². The molecule has 0 bridgehead atoms. The van der Waals surface area contributed by atoms with Crippen molar-refractivity contribution in [1.82, 2.24) is 4.98 Å². The van der Waals surface area contributed by atoms with Gasteiger partial charge in [-0.1, -0.05) is 17.7 Å². The Balaban J connectivity index is 2.41. The van der Waals surface area contributed by atoms with Gasteiger partial charge in [0.1, 0.15) is 0 Å². The van der Waals surface area contributed by atoms with Gasteiger partial charge in [0.25, 0.3) is 10.0 Å². The molecule has 7 heteroatoms. The Labute approximate surface area is 118 Å². The van der Waals surface area contributed by atoms with Crippen molar-refractivity contribution in [1.29, 1.82) is 0 Å². The van der Waals surface area contributed by atoms with E-state index in [1.165, 1.54) is 6.20 Å². The Morgan fingerprint density at radius 3 is 2.55 bits per heavy atom. The lowest BCUT2D eigenvalue weighted by Gasteiger charge is -2.12. The maximum Gasteiger partial charge on any atom is 0.281 e. The average molecular weight is 292 g/mol. The van der Waals surface area contributed by atoms with E-state index in [2.05, 4.69) is 15.1 Å². The molecule has 0 unspecified atom stereocenters. The van der Waals surface area contributed by atoms with E-state index in [0.29, 0.717) is 5.69 Å². The number of nitrogens with zero attached hydrogens (tertiary/aromatic N) is 1. The molecule has 20 heavy (non-hydrogen) atoms. The number of hydrazine groups is 1. The van der Waals surface area contributed by atoms with Crippen LogP contribution in [-0.4, -0.2) is 13.4 Å². The molecular weight excluding hydrogens is 276 g/mol. The van der Waals surface area contributed by atoms with Crippen molar-refractivity contribution >= 4 is 21.4 Å². The van der Waals surface area contributed by atoms with Crippen LogP contribution in [0.4, 0.5) is 11.4 Å². The summed E-state index contributed by atoms with van der Waals surface area (Å²) < 4.78 is 27.2. The highest BCUT2D eigenvalue weighted by Gasteiger charge is 2.20. The molecular formula is C13H16N4O2S. The molecule has 0 saturated carbocycles. The molecule has 2 rings (SSSR count). The second kappa shape index (κ2) is 5.48. The fourth-order valence-electron chi connectivity index (χ4n) is 1.84. The lowest BCUT2D eigenvalue weighted by Crippen LogP contribution is -2.19. The lowest BCUT2D eigenvalue weighted by molar-refractivity contribution is 0.598. The summed E-state index contributed by atoms with van der Waals surface area (Å²) in [5.41, 5.74) is 4.99. The van der Waals surface area contributed by atoms with Crippen LogP contribution in [0.5, 0.6) is 0 Å². The molecule has 4 N–H and O–H groups in total. The molecule has 0 aliphatic heterocycles. The summed E-state index contributed by atoms with van der Waals surface area (Å²) in [6, 6.07) is 8.61. The third kappa shape index (κ3) is 2.89. The average Bonchev–Trinajstić information content (AvgIpc) is 2.42. The summed E-state index contributed by atoms with van der Waals surface area (Å²) in [5.74, 6) is 5.31. The predicted molar refractivity (Wildman–Crippen MR) is 78.8 cm³/mol. The highest BCUT2D eigenvalue weighted by Crippen LogP contribution is 2.23. The van der Waals surface area contributed by atoms with Crippen LogP contribution in [0, 0.1) is 13.8 Å². The van der Waals surface area contributed by atoms with Gasteiger partial charge in [0.05, 0.1) is 11.4 Å². The van der Waals surface area contributed by atoms with Crippen LogP contribution >= 0.6 is 0 Å². The number of aryl methyl sites for hydroxylation is 2. The number of nitrogens with two attached hydrogens (primary N) is 1. The largest absolute Gasteiger partial charge is 0.321 e. The normalized spacial score (nSPS) is 11.2. The maximum absolute atomic E-state index is 12.3. The van der Waals surface area contributed by atoms with E-state index in [1.54, 1.807) is 18.2 Å². The smallest absolute Gasteiger partial charge is 0.281 e. The third-order valence-corrected chi connectivity index (χ3v) is 4.13. The molecule has 0 spiro atoms. The topological polar surface area (TPSA) is 97.1 Å². The summed E-state index contributed by atoms with van der Waals surface area (Å²) in [6.45, 7) is 3.78. The molecule has 6 nitrogen and oxygen atoms in total. The summed E-state index contributed by atoms with van der Waals surface area (Å²) in [6.07, 6.45) is 1.40. The molecule has 0 radical (unpaired) electrons. The van der Waals surface area contributed by atoms with Crippen LogP contribution in [0.15, 0.2) is 41.6 Å². The number of hydrogen-bond acceptors (Lipinski definition) is 5. The van der Waals surface area contributed by atoms with E-state index in [9.17, 15) is 8.42 Å². The monoisotopic (exact) mass is 292 g/mol. The summed E-state index contributed by atoms with van der Waals surface area (Å²) in [5, 5.41) is -0.137. The molecule has 1 aromatic carbocycles. The number of benzene rings is 1. The molecule has 1 aromatic heterocycles. The Kier molecular flexibility index (Phi) is 3.91. The number of sulfonamides is 1. The number of nitrogen functional groups attached to an aromatic ring is 1. The van der Waals surface area contributed by atoms with Crippen molar-refractivity contribution in [2.75, 3.05) is 10.1 Å². The lowest BCUT2D eigenvalue weighted by atomic mass is 10.1. The first kappa shape index (κ1) is 14.3. The standard InChI is InChI=1S/C13H16N4O2S/c1-9-5-6-11(10(2)8-9)17-20(18,19)13-12(16-14)4-3-7-15-13/h3-8,16-17H,14H2,1-2H3. The van der Waals surface area contributed by atoms with Gasteiger partial charge in [0, 0.05) is 6.20 Å². The quantitative estimate of drug-likeness (QED) is 0.589. The molecule has 0 amide bonds. The summed E-state index contributed by atoms with van der Waals surface area (Å²) in [7, 11) is -3.80. The van der Waals surface area contributed by atoms with E-state index >= 15 is 0 Å². The first-order valence-electron chi connectivity index (χ1n) is 5.96. The molecule has 0 aliphatic carbocycles. The number of rotatable bonds is 4. The molecule has 0 aliphatic rings. The minimum absolute atomic E-state index is 0.137. The van der Waals surface area contributed by atoms with Gasteiger partial charge >= 0.3 is 0 Å². The number of pyridine rings is 1. The maximum atomic E-state index is 12.3. The van der Waals surface area contributed by atoms with E-state index in [-0.39, 0.29) is 10.7 Å². The Morgan fingerprint density at radius 2 is 1.90 bits per heavy atom. The first-order valence-corrected chi connectivity index (χ1v) is 7.44. The zero-order valence-electron chi connectivity index (χ0n) is 11.2. The SMILES string of the molecule is Cc1ccc(NS(=O)(=O)c2ncccc2NN)c(C)c1. The Hall–Kier alpha value is -2.12. The van der Waals surface area contributed by atoms with Gasteiger partial charge in [0.2, 0.25) is 5.03 Å². The van der Waals surface area contributed by atoms with Crippen molar-refractivity contribution in [3.05, 3.63) is 47.7 Å². The van der Waals surface area contributed by atoms with Crippen molar-refractivity contribution in [3.63, 3.8) is 0 Å². The van der Waals surface area contributed by atoms with E-state index in [1.807, 2.05) is 26.0 Å². The highest BCUT2D eigenvalue weighted by atomic mass is 32.2. The van der Waals surface area contributed by atoms with Crippen molar-refractivity contribution in [2.45, 2.75) is 18.9 Å². The third-order valence-electron chi connectivity index (χ3n) is 2.81. The van der Waals surface area contributed by atoms with Crippen molar-refractivity contribution < 1.29 is 8.42 Å². The van der Waals surface area contributed by atoms with Crippen LogP contribution < -0.4 is 16.0 Å². The van der Waals surface area contributed by atoms with E-state index in [4.69, 9.17) is 5.84 Å². The fourth-order valence-corrected chi connectivity index (χ4v) is 3.07. The van der Waals surface area contributed by atoms with Crippen LogP contribution in [0.25, 0.3) is 0 Å². The van der Waals surface area contributed by atoms with Crippen LogP contribution in [0.3, 0.4) is 0 Å². The van der Waals surface area contributed by atoms with Gasteiger partial charge in [0.15, 0.2) is 0 Å². The van der Waals surface area contributed by atoms with Gasteiger partial charge in [-0.15, -0.1) is 0 Å². The fraction of sp³-hybridized carbons (Fsp3) is 0.154. The molecule has 0 fully saturated rings. The number of nitrogens with one attached hydrogen (secondary N) is 2. The van der Waals surface area contributed by atoms with Crippen LogP contribution in [0.2, 0.25) is 0 Å². The molecule has 2 aromatic rings. The molecule has 1 heterocycles. The molecule has 0 atom stereocenters. The van der Waals surface area contributed by atoms with E-state index in [0.717, 1.165) is 11.1 Å². The number of anilines is 2.